The Morgan fingerprint density at radius 1 is 0.968 bits per heavy atom. The molecule has 1 saturated carbocycles. The van der Waals surface area contributed by atoms with Crippen molar-refractivity contribution >= 4 is 46.6 Å². The van der Waals surface area contributed by atoms with Crippen LogP contribution in [0.25, 0.3) is 0 Å². The van der Waals surface area contributed by atoms with Gasteiger partial charge >= 0.3 is 0 Å². The van der Waals surface area contributed by atoms with E-state index < -0.39 is 6.04 Å². The Morgan fingerprint density at radius 3 is 2.23 bits per heavy atom. The molecule has 2 aromatic carbocycles. The molecule has 0 saturated heterocycles. The summed E-state index contributed by atoms with van der Waals surface area (Å²) in [5, 5.41) is 4.29. The maximum Gasteiger partial charge on any atom is 0.247 e. The van der Waals surface area contributed by atoms with Gasteiger partial charge in [-0.15, -0.1) is 11.6 Å². The number of nitrogens with zero attached hydrogens (tertiary/aromatic N) is 1. The number of hydrogen-bond donors (Lipinski definition) is 1. The van der Waals surface area contributed by atoms with Crippen molar-refractivity contribution < 1.29 is 9.59 Å². The first-order valence-corrected chi connectivity index (χ1v) is 11.9. The summed E-state index contributed by atoms with van der Waals surface area (Å²) in [5.41, 5.74) is 1.44. The quantitative estimate of drug-likeness (QED) is 0.381. The van der Waals surface area contributed by atoms with Gasteiger partial charge in [0.05, 0.1) is 0 Å². The molecule has 3 rings (SSSR count). The Morgan fingerprint density at radius 2 is 1.61 bits per heavy atom. The molecular formula is C24H27Cl3N2O2. The topological polar surface area (TPSA) is 49.4 Å². The molecule has 0 radical (unpaired) electrons. The number of alkyl halides is 1. The Balaban J connectivity index is 1.94. The predicted molar refractivity (Wildman–Crippen MR) is 127 cm³/mol. The fourth-order valence-corrected chi connectivity index (χ4v) is 4.51. The van der Waals surface area contributed by atoms with Gasteiger partial charge in [0, 0.05) is 22.6 Å². The highest BCUT2D eigenvalue weighted by atomic mass is 35.5. The molecule has 7 heteroatoms. The molecule has 0 spiro atoms. The number of benzene rings is 2. The van der Waals surface area contributed by atoms with Gasteiger partial charge in [-0.1, -0.05) is 79.2 Å². The van der Waals surface area contributed by atoms with Crippen LogP contribution in [0.4, 0.5) is 0 Å². The van der Waals surface area contributed by atoms with Crippen LogP contribution in [0.5, 0.6) is 0 Å². The van der Waals surface area contributed by atoms with Crippen LogP contribution in [0.1, 0.15) is 55.7 Å². The molecule has 0 bridgehead atoms. The first-order chi connectivity index (χ1) is 15.0. The van der Waals surface area contributed by atoms with Crippen molar-refractivity contribution in [2.45, 2.75) is 57.2 Å². The molecule has 1 N–H and O–H groups in total. The first kappa shape index (κ1) is 23.9. The third kappa shape index (κ3) is 6.61. The Hall–Kier alpha value is -1.75. The number of amides is 2. The molecule has 0 heterocycles. The fraction of sp³-hybridized carbons (Fsp3) is 0.417. The standard InChI is InChI=1S/C24H27Cl3N2O2/c25-15-22(30)29(16-18-7-5-6-10-21(18)27)23(17-11-13-19(26)14-12-17)24(31)28-20-8-3-1-2-4-9-20/h5-7,10-14,20,23H,1-4,8-9,15-16H2,(H,28,31)/t23-/m0/s1. The van der Waals surface area contributed by atoms with Crippen molar-refractivity contribution in [3.05, 3.63) is 69.7 Å². The second kappa shape index (κ2) is 11.8. The zero-order valence-electron chi connectivity index (χ0n) is 17.3. The Labute approximate surface area is 198 Å². The monoisotopic (exact) mass is 480 g/mol. The van der Waals surface area contributed by atoms with E-state index in [-0.39, 0.29) is 30.3 Å². The third-order valence-corrected chi connectivity index (χ3v) is 6.53. The Bertz CT molecular complexity index is 881. The van der Waals surface area contributed by atoms with Gasteiger partial charge in [0.1, 0.15) is 11.9 Å². The molecule has 1 fully saturated rings. The lowest BCUT2D eigenvalue weighted by molar-refractivity contribution is -0.140. The van der Waals surface area contributed by atoms with E-state index in [1.807, 2.05) is 18.2 Å². The van der Waals surface area contributed by atoms with E-state index in [0.717, 1.165) is 31.2 Å². The van der Waals surface area contributed by atoms with Crippen LogP contribution < -0.4 is 5.32 Å². The van der Waals surface area contributed by atoms with Crippen LogP contribution in [0.15, 0.2) is 48.5 Å². The average Bonchev–Trinajstić information content (AvgIpc) is 3.04. The minimum absolute atomic E-state index is 0.109. The highest BCUT2D eigenvalue weighted by molar-refractivity contribution is 6.31. The lowest BCUT2D eigenvalue weighted by atomic mass is 10.0. The van der Waals surface area contributed by atoms with Gasteiger partial charge in [0.25, 0.3) is 0 Å². The molecule has 1 atom stereocenters. The molecule has 31 heavy (non-hydrogen) atoms. The van der Waals surface area contributed by atoms with E-state index in [9.17, 15) is 9.59 Å². The number of nitrogens with one attached hydrogen (secondary N) is 1. The van der Waals surface area contributed by atoms with Gasteiger partial charge < -0.3 is 10.2 Å². The molecule has 166 valence electrons. The van der Waals surface area contributed by atoms with Crippen molar-refractivity contribution in [1.82, 2.24) is 10.2 Å². The van der Waals surface area contributed by atoms with Gasteiger partial charge in [-0.25, -0.2) is 0 Å². The van der Waals surface area contributed by atoms with Gasteiger partial charge in [0.2, 0.25) is 11.8 Å². The lowest BCUT2D eigenvalue weighted by Crippen LogP contribution is -2.46. The molecule has 1 aliphatic carbocycles. The third-order valence-electron chi connectivity index (χ3n) is 5.68. The van der Waals surface area contributed by atoms with E-state index in [4.69, 9.17) is 34.8 Å². The smallest absolute Gasteiger partial charge is 0.247 e. The van der Waals surface area contributed by atoms with E-state index in [0.29, 0.717) is 15.6 Å². The maximum atomic E-state index is 13.5. The summed E-state index contributed by atoms with van der Waals surface area (Å²) in [7, 11) is 0. The summed E-state index contributed by atoms with van der Waals surface area (Å²) in [6, 6.07) is 13.6. The number of hydrogen-bond acceptors (Lipinski definition) is 2. The van der Waals surface area contributed by atoms with E-state index in [1.54, 1.807) is 30.3 Å². The summed E-state index contributed by atoms with van der Waals surface area (Å²) >= 11 is 18.4. The summed E-state index contributed by atoms with van der Waals surface area (Å²) in [5.74, 6) is -0.775. The zero-order valence-corrected chi connectivity index (χ0v) is 19.6. The van der Waals surface area contributed by atoms with Crippen molar-refractivity contribution in [2.75, 3.05) is 5.88 Å². The molecule has 4 nitrogen and oxygen atoms in total. The number of rotatable bonds is 7. The van der Waals surface area contributed by atoms with Crippen LogP contribution in [0.3, 0.4) is 0 Å². The van der Waals surface area contributed by atoms with Crippen LogP contribution in [0, 0.1) is 0 Å². The van der Waals surface area contributed by atoms with Crippen LogP contribution in [-0.4, -0.2) is 28.6 Å². The molecule has 1 aliphatic rings. The number of carbonyl (C=O) groups excluding carboxylic acids is 2. The largest absolute Gasteiger partial charge is 0.351 e. The maximum absolute atomic E-state index is 13.5. The van der Waals surface area contributed by atoms with E-state index in [2.05, 4.69) is 5.32 Å². The molecule has 0 aliphatic heterocycles. The average molecular weight is 482 g/mol. The lowest BCUT2D eigenvalue weighted by Gasteiger charge is -2.32. The van der Waals surface area contributed by atoms with Crippen molar-refractivity contribution in [1.29, 1.82) is 0 Å². The number of halogens is 3. The predicted octanol–water partition coefficient (Wildman–Crippen LogP) is 6.14. The van der Waals surface area contributed by atoms with E-state index in [1.165, 1.54) is 17.7 Å². The van der Waals surface area contributed by atoms with Gasteiger partial charge in [-0.05, 0) is 42.2 Å². The van der Waals surface area contributed by atoms with Crippen molar-refractivity contribution in [2.24, 2.45) is 0 Å². The molecule has 0 unspecified atom stereocenters. The minimum atomic E-state index is -0.831. The highest BCUT2D eigenvalue weighted by Crippen LogP contribution is 2.28. The van der Waals surface area contributed by atoms with Gasteiger partial charge in [0.15, 0.2) is 0 Å². The van der Waals surface area contributed by atoms with Gasteiger partial charge in [-0.3, -0.25) is 9.59 Å². The molecule has 0 aromatic heterocycles. The van der Waals surface area contributed by atoms with Crippen molar-refractivity contribution in [3.63, 3.8) is 0 Å². The van der Waals surface area contributed by atoms with Crippen LogP contribution >= 0.6 is 34.8 Å². The minimum Gasteiger partial charge on any atom is -0.351 e. The summed E-state index contributed by atoms with van der Waals surface area (Å²) in [4.78, 5) is 27.9. The van der Waals surface area contributed by atoms with Crippen LogP contribution in [-0.2, 0) is 16.1 Å². The second-order valence-corrected chi connectivity index (χ2v) is 9.01. The van der Waals surface area contributed by atoms with E-state index >= 15 is 0 Å². The second-order valence-electron chi connectivity index (χ2n) is 7.90. The molecular weight excluding hydrogens is 455 g/mol. The Kier molecular flexibility index (Phi) is 9.06. The fourth-order valence-electron chi connectivity index (χ4n) is 4.03. The van der Waals surface area contributed by atoms with Crippen LogP contribution in [0.2, 0.25) is 10.0 Å². The van der Waals surface area contributed by atoms with Gasteiger partial charge in [-0.2, -0.15) is 0 Å². The first-order valence-electron chi connectivity index (χ1n) is 10.6. The molecule has 2 amide bonds. The summed E-state index contributed by atoms with van der Waals surface area (Å²) < 4.78 is 0. The zero-order chi connectivity index (χ0) is 22.2. The summed E-state index contributed by atoms with van der Waals surface area (Å²) in [6.45, 7) is 0.177. The molecule has 2 aromatic rings. The highest BCUT2D eigenvalue weighted by Gasteiger charge is 2.32. The summed E-state index contributed by atoms with van der Waals surface area (Å²) in [6.07, 6.45) is 6.48. The SMILES string of the molecule is O=C(NC1CCCCCC1)[C@H](c1ccc(Cl)cc1)N(Cc1ccccc1Cl)C(=O)CCl. The van der Waals surface area contributed by atoms with Crippen molar-refractivity contribution in [3.8, 4) is 0 Å². The normalized spacial score (nSPS) is 15.7. The number of carbonyl (C=O) groups is 2.